The number of amides is 1. The lowest BCUT2D eigenvalue weighted by Gasteiger charge is -2.20. The lowest BCUT2D eigenvalue weighted by molar-refractivity contribution is -0.384. The molecule has 0 radical (unpaired) electrons. The zero-order valence-electron chi connectivity index (χ0n) is 11.2. The predicted molar refractivity (Wildman–Crippen MR) is 75.9 cm³/mol. The lowest BCUT2D eigenvalue weighted by Crippen LogP contribution is -2.35. The summed E-state index contributed by atoms with van der Waals surface area (Å²) in [6.07, 6.45) is 0.973. The Labute approximate surface area is 121 Å². The van der Waals surface area contributed by atoms with Crippen LogP contribution in [0.1, 0.15) is 12.0 Å². The molecular formula is C13H14N2O5S. The van der Waals surface area contributed by atoms with Gasteiger partial charge in [0.05, 0.1) is 28.0 Å². The van der Waals surface area contributed by atoms with E-state index in [0.29, 0.717) is 25.1 Å². The van der Waals surface area contributed by atoms with Gasteiger partial charge in [0.15, 0.2) is 9.84 Å². The van der Waals surface area contributed by atoms with E-state index in [-0.39, 0.29) is 23.1 Å². The average Bonchev–Trinajstić information content (AvgIpc) is 3.00. The van der Waals surface area contributed by atoms with Gasteiger partial charge in [-0.3, -0.25) is 14.9 Å². The highest BCUT2D eigenvalue weighted by atomic mass is 32.2. The van der Waals surface area contributed by atoms with Crippen molar-refractivity contribution in [1.82, 2.24) is 0 Å². The number of hydrogen-bond donors (Lipinski definition) is 0. The van der Waals surface area contributed by atoms with Gasteiger partial charge in [0.1, 0.15) is 0 Å². The van der Waals surface area contributed by atoms with Crippen LogP contribution in [-0.2, 0) is 21.1 Å². The van der Waals surface area contributed by atoms with Gasteiger partial charge in [-0.25, -0.2) is 8.42 Å². The third-order valence-electron chi connectivity index (χ3n) is 4.02. The number of nitrogens with zero attached hydrogens (tertiary/aromatic N) is 2. The quantitative estimate of drug-likeness (QED) is 0.597. The van der Waals surface area contributed by atoms with E-state index in [9.17, 15) is 23.3 Å². The molecule has 112 valence electrons. The number of non-ortho nitro benzene ring substituents is 1. The summed E-state index contributed by atoms with van der Waals surface area (Å²) >= 11 is 0. The second-order valence-corrected chi connectivity index (χ2v) is 7.64. The predicted octanol–water partition coefficient (Wildman–Crippen LogP) is 0.919. The van der Waals surface area contributed by atoms with E-state index in [2.05, 4.69) is 0 Å². The van der Waals surface area contributed by atoms with Crippen LogP contribution in [0.15, 0.2) is 18.2 Å². The molecule has 1 aromatic carbocycles. The Hall–Kier alpha value is -1.96. The summed E-state index contributed by atoms with van der Waals surface area (Å²) in [6.45, 7) is 0.450. The number of benzene rings is 1. The van der Waals surface area contributed by atoms with E-state index < -0.39 is 20.7 Å². The number of anilines is 1. The fraction of sp³-hybridized carbons (Fsp3) is 0.462. The first-order valence-corrected chi connectivity index (χ1v) is 8.49. The lowest BCUT2D eigenvalue weighted by atomic mass is 10.1. The van der Waals surface area contributed by atoms with E-state index in [1.807, 2.05) is 0 Å². The maximum atomic E-state index is 12.5. The first-order valence-electron chi connectivity index (χ1n) is 6.66. The first-order chi connectivity index (χ1) is 9.87. The molecule has 0 N–H and O–H groups in total. The summed E-state index contributed by atoms with van der Waals surface area (Å²) in [4.78, 5) is 24.3. The fourth-order valence-electron chi connectivity index (χ4n) is 2.92. The molecule has 21 heavy (non-hydrogen) atoms. The van der Waals surface area contributed by atoms with Crippen molar-refractivity contribution in [3.05, 3.63) is 33.9 Å². The first kappa shape index (κ1) is 14.0. The Morgan fingerprint density at radius 2 is 2.14 bits per heavy atom. The molecule has 0 saturated carbocycles. The molecule has 1 amide bonds. The molecule has 3 rings (SSSR count). The van der Waals surface area contributed by atoms with Crippen LogP contribution < -0.4 is 4.90 Å². The van der Waals surface area contributed by atoms with Crippen molar-refractivity contribution in [1.29, 1.82) is 0 Å². The van der Waals surface area contributed by atoms with E-state index in [4.69, 9.17) is 0 Å². The molecule has 0 aromatic heterocycles. The van der Waals surface area contributed by atoms with Gasteiger partial charge in [-0.15, -0.1) is 0 Å². The highest BCUT2D eigenvalue weighted by Crippen LogP contribution is 2.34. The van der Waals surface area contributed by atoms with Gasteiger partial charge >= 0.3 is 0 Å². The van der Waals surface area contributed by atoms with E-state index in [1.54, 1.807) is 6.07 Å². The third-order valence-corrected chi connectivity index (χ3v) is 5.79. The number of sulfone groups is 1. The largest absolute Gasteiger partial charge is 0.311 e. The van der Waals surface area contributed by atoms with Gasteiger partial charge in [-0.1, -0.05) is 6.07 Å². The van der Waals surface area contributed by atoms with Crippen molar-refractivity contribution in [3.8, 4) is 0 Å². The summed E-state index contributed by atoms with van der Waals surface area (Å²) in [7, 11) is -3.12. The van der Waals surface area contributed by atoms with Gasteiger partial charge in [0, 0.05) is 18.7 Å². The highest BCUT2D eigenvalue weighted by Gasteiger charge is 2.37. The van der Waals surface area contributed by atoms with E-state index in [0.717, 1.165) is 5.56 Å². The molecular weight excluding hydrogens is 296 g/mol. The van der Waals surface area contributed by atoms with Gasteiger partial charge in [-0.05, 0) is 18.4 Å². The third kappa shape index (κ3) is 2.51. The average molecular weight is 310 g/mol. The van der Waals surface area contributed by atoms with Crippen molar-refractivity contribution < 1.29 is 18.1 Å². The molecule has 1 fully saturated rings. The van der Waals surface area contributed by atoms with Crippen molar-refractivity contribution in [2.24, 2.45) is 5.92 Å². The molecule has 0 aliphatic carbocycles. The van der Waals surface area contributed by atoms with Crippen molar-refractivity contribution >= 4 is 27.1 Å². The van der Waals surface area contributed by atoms with Crippen LogP contribution in [0.5, 0.6) is 0 Å². The standard InChI is InChI=1S/C13H14N2O5S/c16-13(10-4-6-21(19,20)8-10)14-5-3-9-1-2-11(15(17)18)7-12(9)14/h1-2,7,10H,3-6,8H2. The molecule has 0 spiro atoms. The summed E-state index contributed by atoms with van der Waals surface area (Å²) in [6, 6.07) is 4.47. The fourth-order valence-corrected chi connectivity index (χ4v) is 4.65. The molecule has 2 aliphatic rings. The number of hydrogen-bond acceptors (Lipinski definition) is 5. The molecule has 8 heteroatoms. The maximum Gasteiger partial charge on any atom is 0.271 e. The number of carbonyl (C=O) groups excluding carboxylic acids is 1. The number of nitro groups is 1. The van der Waals surface area contributed by atoms with Crippen LogP contribution in [0, 0.1) is 16.0 Å². The second-order valence-electron chi connectivity index (χ2n) is 5.41. The van der Waals surface area contributed by atoms with E-state index >= 15 is 0 Å². The topological polar surface area (TPSA) is 97.6 Å². The number of nitro benzene ring substituents is 1. The minimum atomic E-state index is -3.12. The summed E-state index contributed by atoms with van der Waals surface area (Å²) in [5.41, 5.74) is 1.36. The van der Waals surface area contributed by atoms with Crippen LogP contribution in [0.4, 0.5) is 11.4 Å². The van der Waals surface area contributed by atoms with Gasteiger partial charge in [0.25, 0.3) is 5.69 Å². The number of fused-ring (bicyclic) bond motifs is 1. The summed E-state index contributed by atoms with van der Waals surface area (Å²) in [5.74, 6) is -0.846. The molecule has 1 unspecified atom stereocenters. The van der Waals surface area contributed by atoms with E-state index in [1.165, 1.54) is 17.0 Å². The van der Waals surface area contributed by atoms with Crippen LogP contribution >= 0.6 is 0 Å². The molecule has 1 aromatic rings. The Morgan fingerprint density at radius 1 is 1.38 bits per heavy atom. The Bertz CT molecular complexity index is 728. The highest BCUT2D eigenvalue weighted by molar-refractivity contribution is 7.91. The van der Waals surface area contributed by atoms with Gasteiger partial charge in [0.2, 0.25) is 5.91 Å². The molecule has 1 atom stereocenters. The molecule has 2 aliphatic heterocycles. The van der Waals surface area contributed by atoms with Crippen LogP contribution in [0.2, 0.25) is 0 Å². The van der Waals surface area contributed by atoms with Crippen LogP contribution in [0.3, 0.4) is 0 Å². The number of carbonyl (C=O) groups is 1. The minimum absolute atomic E-state index is 0.0407. The maximum absolute atomic E-state index is 12.5. The number of rotatable bonds is 2. The SMILES string of the molecule is O=C(C1CCS(=O)(=O)C1)N1CCc2ccc([N+](=O)[O-])cc21. The monoisotopic (exact) mass is 310 g/mol. The van der Waals surface area contributed by atoms with Crippen molar-refractivity contribution in [3.63, 3.8) is 0 Å². The Kier molecular flexibility index (Phi) is 3.20. The normalized spacial score (nSPS) is 23.0. The Morgan fingerprint density at radius 3 is 2.76 bits per heavy atom. The molecule has 0 bridgehead atoms. The zero-order chi connectivity index (χ0) is 15.2. The van der Waals surface area contributed by atoms with Crippen molar-refractivity contribution in [2.45, 2.75) is 12.8 Å². The van der Waals surface area contributed by atoms with Crippen LogP contribution in [-0.4, -0.2) is 37.3 Å². The van der Waals surface area contributed by atoms with Crippen LogP contribution in [0.25, 0.3) is 0 Å². The zero-order valence-corrected chi connectivity index (χ0v) is 12.0. The van der Waals surface area contributed by atoms with Crippen molar-refractivity contribution in [2.75, 3.05) is 23.0 Å². The Balaban J connectivity index is 1.88. The summed E-state index contributed by atoms with van der Waals surface area (Å²) in [5, 5.41) is 10.8. The van der Waals surface area contributed by atoms with Gasteiger partial charge in [-0.2, -0.15) is 0 Å². The molecule has 2 heterocycles. The second kappa shape index (κ2) is 4.80. The minimum Gasteiger partial charge on any atom is -0.311 e. The smallest absolute Gasteiger partial charge is 0.271 e. The molecule has 7 nitrogen and oxygen atoms in total. The summed E-state index contributed by atoms with van der Waals surface area (Å²) < 4.78 is 23.0. The molecule has 1 saturated heterocycles. The van der Waals surface area contributed by atoms with Gasteiger partial charge < -0.3 is 4.90 Å².